The topological polar surface area (TPSA) is 49.6 Å². The number of nitriles is 1. The Kier molecular flexibility index (Phi) is 7.64. The quantitative estimate of drug-likeness (QED) is 0.532. The minimum Gasteiger partial charge on any atom is -0.198 e. The number of rotatable bonds is 8. The summed E-state index contributed by atoms with van der Waals surface area (Å²) in [6, 6.07) is 2.14. The van der Waals surface area contributed by atoms with Gasteiger partial charge >= 0.3 is 0 Å². The van der Waals surface area contributed by atoms with Gasteiger partial charge in [0.25, 0.3) is 0 Å². The van der Waals surface area contributed by atoms with Crippen LogP contribution in [0.25, 0.3) is 0 Å². The molecule has 0 amide bonds. The molecule has 0 radical (unpaired) electrons. The summed E-state index contributed by atoms with van der Waals surface area (Å²) in [5.74, 6) is 2.09. The monoisotopic (exact) mass is 273 g/mol. The lowest BCUT2D eigenvalue weighted by Crippen LogP contribution is -1.78. The molecule has 0 atom stereocenters. The fourth-order valence-electron chi connectivity index (χ4n) is 0.928. The maximum Gasteiger partial charge on any atom is 0.175 e. The van der Waals surface area contributed by atoms with E-state index in [0.29, 0.717) is 6.42 Å². The van der Waals surface area contributed by atoms with Gasteiger partial charge in [-0.05, 0) is 12.8 Å². The maximum absolute atomic E-state index is 8.40. The van der Waals surface area contributed by atoms with Gasteiger partial charge in [0.05, 0.1) is 6.07 Å². The highest BCUT2D eigenvalue weighted by Gasteiger charge is 2.04. The number of aromatic nitrogens is 2. The van der Waals surface area contributed by atoms with Gasteiger partial charge in [0.15, 0.2) is 8.68 Å². The maximum atomic E-state index is 8.40. The summed E-state index contributed by atoms with van der Waals surface area (Å²) in [6.45, 7) is 2.19. The average molecular weight is 273 g/mol. The molecule has 1 rings (SSSR count). The molecule has 0 unspecified atom stereocenters. The normalized spacial score (nSPS) is 10.2. The van der Waals surface area contributed by atoms with E-state index in [-0.39, 0.29) is 0 Å². The van der Waals surface area contributed by atoms with Gasteiger partial charge in [0.1, 0.15) is 0 Å². The number of thioether (sulfide) groups is 2. The van der Waals surface area contributed by atoms with Crippen molar-refractivity contribution in [3.8, 4) is 6.07 Å². The predicted octanol–water partition coefficient (Wildman–Crippen LogP) is 3.83. The summed E-state index contributed by atoms with van der Waals surface area (Å²) in [6.07, 6.45) is 4.01. The van der Waals surface area contributed by atoms with Gasteiger partial charge < -0.3 is 0 Å². The molecule has 0 saturated heterocycles. The van der Waals surface area contributed by atoms with Crippen molar-refractivity contribution in [1.29, 1.82) is 5.26 Å². The van der Waals surface area contributed by atoms with Crippen LogP contribution < -0.4 is 0 Å². The molecule has 6 heteroatoms. The second kappa shape index (κ2) is 8.85. The largest absolute Gasteiger partial charge is 0.198 e. The lowest BCUT2D eigenvalue weighted by atomic mass is 10.4. The standard InChI is InChI=1S/C10H15N3S3/c1-2-3-7-14-9-12-13-10(16-9)15-8-5-4-6-11/h2-5,7-8H2,1H3. The Morgan fingerprint density at radius 2 is 1.81 bits per heavy atom. The van der Waals surface area contributed by atoms with E-state index >= 15 is 0 Å². The van der Waals surface area contributed by atoms with Gasteiger partial charge in [0.2, 0.25) is 0 Å². The predicted molar refractivity (Wildman–Crippen MR) is 71.1 cm³/mol. The minimum absolute atomic E-state index is 0.629. The molecule has 3 nitrogen and oxygen atoms in total. The van der Waals surface area contributed by atoms with Crippen LogP contribution in [-0.2, 0) is 0 Å². The first-order valence-corrected chi connectivity index (χ1v) is 8.11. The molecular weight excluding hydrogens is 258 g/mol. The van der Waals surface area contributed by atoms with Crippen molar-refractivity contribution in [2.24, 2.45) is 0 Å². The molecule has 1 aromatic heterocycles. The number of nitrogens with zero attached hydrogens (tertiary/aromatic N) is 3. The molecule has 16 heavy (non-hydrogen) atoms. The van der Waals surface area contributed by atoms with E-state index in [4.69, 9.17) is 5.26 Å². The molecule has 0 saturated carbocycles. The Morgan fingerprint density at radius 3 is 2.38 bits per heavy atom. The van der Waals surface area contributed by atoms with E-state index < -0.39 is 0 Å². The molecule has 88 valence electrons. The Labute approximate surface area is 109 Å². The van der Waals surface area contributed by atoms with Gasteiger partial charge in [-0.3, -0.25) is 0 Å². The van der Waals surface area contributed by atoms with Gasteiger partial charge in [-0.15, -0.1) is 10.2 Å². The summed E-state index contributed by atoms with van der Waals surface area (Å²) in [7, 11) is 0. The van der Waals surface area contributed by atoms with E-state index in [0.717, 1.165) is 26.6 Å². The van der Waals surface area contributed by atoms with Gasteiger partial charge in [0, 0.05) is 17.9 Å². The molecule has 0 N–H and O–H groups in total. The molecule has 0 aliphatic carbocycles. The van der Waals surface area contributed by atoms with Crippen LogP contribution in [0.2, 0.25) is 0 Å². The van der Waals surface area contributed by atoms with E-state index in [9.17, 15) is 0 Å². The van der Waals surface area contributed by atoms with Crippen LogP contribution in [0.15, 0.2) is 8.68 Å². The van der Waals surface area contributed by atoms with E-state index in [2.05, 4.69) is 23.2 Å². The van der Waals surface area contributed by atoms with Gasteiger partial charge in [-0.1, -0.05) is 48.2 Å². The van der Waals surface area contributed by atoms with Gasteiger partial charge in [-0.2, -0.15) is 5.26 Å². The lowest BCUT2D eigenvalue weighted by molar-refractivity contribution is 0.892. The summed E-state index contributed by atoms with van der Waals surface area (Å²) in [5.41, 5.74) is 0. The molecular formula is C10H15N3S3. The Hall–Kier alpha value is -0.250. The van der Waals surface area contributed by atoms with Crippen molar-refractivity contribution in [2.45, 2.75) is 41.3 Å². The molecule has 1 heterocycles. The zero-order valence-corrected chi connectivity index (χ0v) is 11.8. The molecule has 0 bridgehead atoms. The third-order valence-corrected chi connectivity index (χ3v) is 5.13. The van der Waals surface area contributed by atoms with Crippen LogP contribution in [-0.4, -0.2) is 21.7 Å². The van der Waals surface area contributed by atoms with Crippen molar-refractivity contribution in [3.63, 3.8) is 0 Å². The van der Waals surface area contributed by atoms with Crippen LogP contribution >= 0.6 is 34.9 Å². The SMILES string of the molecule is CCCCSc1nnc(SCCCC#N)s1. The summed E-state index contributed by atoms with van der Waals surface area (Å²) >= 11 is 5.15. The summed E-state index contributed by atoms with van der Waals surface area (Å²) < 4.78 is 2.09. The van der Waals surface area contributed by atoms with Crippen molar-refractivity contribution >= 4 is 34.9 Å². The van der Waals surface area contributed by atoms with E-state index in [1.165, 1.54) is 12.8 Å². The molecule has 0 aromatic carbocycles. The first-order valence-electron chi connectivity index (χ1n) is 5.33. The Morgan fingerprint density at radius 1 is 1.19 bits per heavy atom. The molecule has 0 aliphatic heterocycles. The molecule has 0 spiro atoms. The van der Waals surface area contributed by atoms with Crippen molar-refractivity contribution in [2.75, 3.05) is 11.5 Å². The van der Waals surface area contributed by atoms with E-state index in [1.54, 1.807) is 34.9 Å². The summed E-state index contributed by atoms with van der Waals surface area (Å²) in [5, 5.41) is 16.7. The summed E-state index contributed by atoms with van der Waals surface area (Å²) in [4.78, 5) is 0. The molecule has 0 fully saturated rings. The zero-order valence-electron chi connectivity index (χ0n) is 9.31. The second-order valence-corrected chi connectivity index (χ2v) is 6.81. The van der Waals surface area contributed by atoms with Gasteiger partial charge in [-0.25, -0.2) is 0 Å². The van der Waals surface area contributed by atoms with E-state index in [1.807, 2.05) is 0 Å². The first-order chi connectivity index (χ1) is 7.86. The Balaban J connectivity index is 2.20. The van der Waals surface area contributed by atoms with Crippen LogP contribution in [0.1, 0.15) is 32.6 Å². The van der Waals surface area contributed by atoms with Crippen LogP contribution in [0.4, 0.5) is 0 Å². The molecule has 1 aromatic rings. The highest BCUT2D eigenvalue weighted by atomic mass is 32.2. The smallest absolute Gasteiger partial charge is 0.175 e. The average Bonchev–Trinajstić information content (AvgIpc) is 2.73. The minimum atomic E-state index is 0.629. The lowest BCUT2D eigenvalue weighted by Gasteiger charge is -1.93. The van der Waals surface area contributed by atoms with Crippen molar-refractivity contribution in [3.05, 3.63) is 0 Å². The first kappa shape index (κ1) is 13.8. The third-order valence-electron chi connectivity index (χ3n) is 1.77. The van der Waals surface area contributed by atoms with Crippen LogP contribution in [0, 0.1) is 11.3 Å². The van der Waals surface area contributed by atoms with Crippen LogP contribution in [0.5, 0.6) is 0 Å². The second-order valence-electron chi connectivity index (χ2n) is 3.15. The number of unbranched alkanes of at least 4 members (excludes halogenated alkanes) is 2. The zero-order chi connectivity index (χ0) is 11.6. The Bertz CT molecular complexity index is 332. The van der Waals surface area contributed by atoms with Crippen molar-refractivity contribution in [1.82, 2.24) is 10.2 Å². The fraction of sp³-hybridized carbons (Fsp3) is 0.700. The third kappa shape index (κ3) is 5.73. The highest BCUT2D eigenvalue weighted by molar-refractivity contribution is 8.03. The number of hydrogen-bond acceptors (Lipinski definition) is 6. The van der Waals surface area contributed by atoms with Crippen LogP contribution in [0.3, 0.4) is 0 Å². The number of hydrogen-bond donors (Lipinski definition) is 0. The van der Waals surface area contributed by atoms with Crippen molar-refractivity contribution < 1.29 is 0 Å². The fourth-order valence-corrected chi connectivity index (χ4v) is 4.11. The molecule has 0 aliphatic rings. The highest BCUT2D eigenvalue weighted by Crippen LogP contribution is 2.29.